The van der Waals surface area contributed by atoms with Crippen LogP contribution in [0.2, 0.25) is 0 Å². The maximum absolute atomic E-state index is 15.2. The molecule has 0 aliphatic carbocycles. The molecule has 0 saturated carbocycles. The first kappa shape index (κ1) is 51.8. The fourth-order valence-corrected chi connectivity index (χ4v) is 11.6. The normalized spacial score (nSPS) is 13.2. The standard InChI is InChI=1S/C60H92N4O2/c1-7-11-15-19-23-25-29-33-37-47(35-31-27-21-17-13-9-3)43-63-57-53-49(39-45(5)61-57)42-52-56-54-50(41-51(55(53)56)59(63)65)40-46(6)62-58(54)64(60(52)66)44-48(36-32-28-22-18-14-10-4)38-34-30-26-24-20-16-12-8-2/h39-42,47-48H,7-38,43-44H2,1-6H3. The molecule has 2 atom stereocenters. The zero-order valence-corrected chi connectivity index (χ0v) is 43.1. The lowest BCUT2D eigenvalue weighted by Gasteiger charge is -2.24. The smallest absolute Gasteiger partial charge is 0.260 e. The molecule has 0 bridgehead atoms. The van der Waals surface area contributed by atoms with Crippen molar-refractivity contribution in [3.05, 3.63) is 56.4 Å². The number of unbranched alkanes of at least 4 members (excludes halogenated alkanes) is 24. The second-order valence-electron chi connectivity index (χ2n) is 21.2. The summed E-state index contributed by atoms with van der Waals surface area (Å²) in [5.41, 5.74) is 3.45. The maximum atomic E-state index is 15.2. The predicted octanol–water partition coefficient (Wildman–Crippen LogP) is 17.9. The van der Waals surface area contributed by atoms with E-state index in [2.05, 4.69) is 74.9 Å². The lowest BCUT2D eigenvalue weighted by molar-refractivity contribution is 0.357. The van der Waals surface area contributed by atoms with Crippen LogP contribution in [0, 0.1) is 25.7 Å². The summed E-state index contributed by atoms with van der Waals surface area (Å²) in [5, 5.41) is 7.38. The van der Waals surface area contributed by atoms with Gasteiger partial charge in [0, 0.05) is 56.8 Å². The van der Waals surface area contributed by atoms with Crippen molar-refractivity contribution in [2.24, 2.45) is 11.8 Å². The molecule has 4 aromatic heterocycles. The van der Waals surface area contributed by atoms with E-state index in [1.54, 1.807) is 0 Å². The van der Waals surface area contributed by atoms with Crippen molar-refractivity contribution in [1.29, 1.82) is 0 Å². The Morgan fingerprint density at radius 1 is 0.379 bits per heavy atom. The Balaban J connectivity index is 1.36. The monoisotopic (exact) mass is 901 g/mol. The van der Waals surface area contributed by atoms with Crippen LogP contribution in [0.4, 0.5) is 0 Å². The summed E-state index contributed by atoms with van der Waals surface area (Å²) in [6.45, 7) is 14.7. The third-order valence-electron chi connectivity index (χ3n) is 15.4. The van der Waals surface area contributed by atoms with Crippen molar-refractivity contribution in [3.63, 3.8) is 0 Å². The summed E-state index contributed by atoms with van der Waals surface area (Å²) in [4.78, 5) is 40.9. The van der Waals surface area contributed by atoms with Gasteiger partial charge in [-0.05, 0) is 86.4 Å². The van der Waals surface area contributed by atoms with E-state index in [-0.39, 0.29) is 11.1 Å². The molecule has 66 heavy (non-hydrogen) atoms. The molecule has 2 aromatic carbocycles. The quantitative estimate of drug-likeness (QED) is 0.0224. The van der Waals surface area contributed by atoms with Gasteiger partial charge in [-0.2, -0.15) is 0 Å². The third kappa shape index (κ3) is 13.8. The van der Waals surface area contributed by atoms with Gasteiger partial charge in [0.15, 0.2) is 0 Å². The van der Waals surface area contributed by atoms with Crippen LogP contribution in [-0.2, 0) is 13.1 Å². The molecule has 4 heterocycles. The Hall–Kier alpha value is -3.54. The first-order chi connectivity index (χ1) is 32.3. The van der Waals surface area contributed by atoms with Gasteiger partial charge in [0.1, 0.15) is 11.3 Å². The number of aryl methyl sites for hydroxylation is 2. The molecule has 0 aliphatic rings. The van der Waals surface area contributed by atoms with Gasteiger partial charge in [0.25, 0.3) is 11.1 Å². The van der Waals surface area contributed by atoms with E-state index in [9.17, 15) is 0 Å². The van der Waals surface area contributed by atoms with E-state index in [1.807, 2.05) is 0 Å². The van der Waals surface area contributed by atoms with Crippen LogP contribution in [0.1, 0.15) is 245 Å². The van der Waals surface area contributed by atoms with Crippen LogP contribution in [0.3, 0.4) is 0 Å². The Kier molecular flexibility index (Phi) is 21.6. The van der Waals surface area contributed by atoms with Crippen molar-refractivity contribution in [1.82, 2.24) is 19.1 Å². The Labute approximate surface area is 400 Å². The minimum Gasteiger partial charge on any atom is -0.292 e. The van der Waals surface area contributed by atoms with Crippen molar-refractivity contribution in [2.75, 3.05) is 0 Å². The van der Waals surface area contributed by atoms with Crippen molar-refractivity contribution >= 4 is 54.4 Å². The lowest BCUT2D eigenvalue weighted by Crippen LogP contribution is -2.28. The van der Waals surface area contributed by atoms with Crippen LogP contribution in [0.5, 0.6) is 0 Å². The molecule has 6 rings (SSSR count). The van der Waals surface area contributed by atoms with E-state index in [1.165, 1.54) is 180 Å². The molecule has 0 fully saturated rings. The largest absolute Gasteiger partial charge is 0.292 e. The van der Waals surface area contributed by atoms with Crippen molar-refractivity contribution < 1.29 is 0 Å². The zero-order chi connectivity index (χ0) is 46.7. The second kappa shape index (κ2) is 27.5. The summed E-state index contributed by atoms with van der Waals surface area (Å²) in [7, 11) is 0. The van der Waals surface area contributed by atoms with Crippen LogP contribution >= 0.6 is 0 Å². The van der Waals surface area contributed by atoms with Gasteiger partial charge in [-0.1, -0.05) is 207 Å². The topological polar surface area (TPSA) is 69.8 Å². The first-order valence-electron chi connectivity index (χ1n) is 28.2. The minimum atomic E-state index is 0.0417. The van der Waals surface area contributed by atoms with Gasteiger partial charge in [0.05, 0.1) is 0 Å². The number of pyridine rings is 4. The molecule has 364 valence electrons. The summed E-state index contributed by atoms with van der Waals surface area (Å²) >= 11 is 0. The highest BCUT2D eigenvalue weighted by Crippen LogP contribution is 2.41. The molecule has 2 unspecified atom stereocenters. The molecule has 0 N–H and O–H groups in total. The first-order valence-corrected chi connectivity index (χ1v) is 28.2. The number of rotatable bonds is 36. The Bertz CT molecular complexity index is 2270. The predicted molar refractivity (Wildman–Crippen MR) is 287 cm³/mol. The summed E-state index contributed by atoms with van der Waals surface area (Å²) in [6.07, 6.45) is 41.0. The molecule has 6 aromatic rings. The second-order valence-corrected chi connectivity index (χ2v) is 21.2. The fourth-order valence-electron chi connectivity index (χ4n) is 11.6. The Morgan fingerprint density at radius 3 is 0.939 bits per heavy atom. The zero-order valence-electron chi connectivity index (χ0n) is 43.1. The molecule has 6 heteroatoms. The maximum Gasteiger partial charge on any atom is 0.260 e. The van der Waals surface area contributed by atoms with E-state index in [0.29, 0.717) is 24.9 Å². The van der Waals surface area contributed by atoms with Gasteiger partial charge >= 0.3 is 0 Å². The lowest BCUT2D eigenvalue weighted by atomic mass is 9.90. The van der Waals surface area contributed by atoms with Gasteiger partial charge in [-0.3, -0.25) is 18.7 Å². The summed E-state index contributed by atoms with van der Waals surface area (Å²) < 4.78 is 4.12. The molecular weight excluding hydrogens is 809 g/mol. The number of aromatic nitrogens is 4. The van der Waals surface area contributed by atoms with Crippen molar-refractivity contribution in [3.8, 4) is 0 Å². The van der Waals surface area contributed by atoms with E-state index in [0.717, 1.165) is 91.5 Å². The van der Waals surface area contributed by atoms with Gasteiger partial charge < -0.3 is 0 Å². The number of hydrogen-bond acceptors (Lipinski definition) is 4. The van der Waals surface area contributed by atoms with E-state index in [4.69, 9.17) is 9.97 Å². The molecule has 0 aliphatic heterocycles. The molecule has 0 amide bonds. The van der Waals surface area contributed by atoms with Crippen LogP contribution in [0.15, 0.2) is 33.9 Å². The highest BCUT2D eigenvalue weighted by molar-refractivity contribution is 6.34. The summed E-state index contributed by atoms with van der Waals surface area (Å²) in [6, 6.07) is 8.60. The fraction of sp³-hybridized carbons (Fsp3) is 0.700. The van der Waals surface area contributed by atoms with Crippen LogP contribution < -0.4 is 11.1 Å². The molecule has 0 spiro atoms. The van der Waals surface area contributed by atoms with E-state index < -0.39 is 0 Å². The van der Waals surface area contributed by atoms with Gasteiger partial charge in [-0.25, -0.2) is 9.97 Å². The van der Waals surface area contributed by atoms with Crippen LogP contribution in [-0.4, -0.2) is 19.1 Å². The minimum absolute atomic E-state index is 0.0417. The number of hydrogen-bond donors (Lipinski definition) is 0. The average molecular weight is 901 g/mol. The molecule has 0 radical (unpaired) electrons. The average Bonchev–Trinajstić information content (AvgIpc) is 3.30. The van der Waals surface area contributed by atoms with Gasteiger partial charge in [-0.15, -0.1) is 0 Å². The van der Waals surface area contributed by atoms with Gasteiger partial charge in [0.2, 0.25) is 0 Å². The SMILES string of the molecule is CCCCCCCCCCC(CCCCCCCC)Cn1c(=O)c2cc3cc(C)nc4c3c3c(cc5cc(C)nc1c5c23)c(=O)n4CC(CCCCCCCC)CCCCCCCCCC. The number of nitrogens with zero attached hydrogens (tertiary/aromatic N) is 4. The van der Waals surface area contributed by atoms with E-state index >= 15 is 9.59 Å². The third-order valence-corrected chi connectivity index (χ3v) is 15.4. The highest BCUT2D eigenvalue weighted by atomic mass is 16.1. The number of benzene rings is 2. The highest BCUT2D eigenvalue weighted by Gasteiger charge is 2.27. The molecule has 0 saturated heterocycles. The molecular formula is C60H92N4O2. The van der Waals surface area contributed by atoms with Crippen LogP contribution in [0.25, 0.3) is 54.4 Å². The van der Waals surface area contributed by atoms with Crippen molar-refractivity contribution in [2.45, 2.75) is 260 Å². The summed E-state index contributed by atoms with van der Waals surface area (Å²) in [5.74, 6) is 0.855. The molecule has 6 nitrogen and oxygen atoms in total. The Morgan fingerprint density at radius 2 is 0.652 bits per heavy atom.